The molecule has 0 saturated heterocycles. The average Bonchev–Trinajstić information content (AvgIpc) is 3.32. The molecule has 2 heterocycles. The number of carbonyl (C=O) groups is 1. The molecule has 1 aliphatic rings. The lowest BCUT2D eigenvalue weighted by Gasteiger charge is -2.22. The normalized spacial score (nSPS) is 14.6. The quantitative estimate of drug-likeness (QED) is 0.704. The summed E-state index contributed by atoms with van der Waals surface area (Å²) in [5, 5.41) is 6.97. The molecule has 0 aliphatic heterocycles. The van der Waals surface area contributed by atoms with Crippen LogP contribution in [0, 0.1) is 6.92 Å². The molecule has 1 amide bonds. The molecule has 0 unspecified atom stereocenters. The number of thiophene rings is 1. The standard InChI is InChI=1S/C21H22N2O2S2/c1-14-13-27-21(25)23(14)12-19(24)22-20(18-7-4-10-26-18)17-9-8-15-5-2-3-6-16(15)11-17/h4,7-11,13,20H,2-3,5-6,12H2,1H3,(H,22,24)/t20-/m0/s1. The second-order valence-corrected chi connectivity index (χ2v) is 8.78. The second kappa shape index (κ2) is 7.82. The molecule has 0 fully saturated rings. The highest BCUT2D eigenvalue weighted by Gasteiger charge is 2.21. The van der Waals surface area contributed by atoms with Gasteiger partial charge in [-0.1, -0.05) is 35.6 Å². The number of amides is 1. The number of thiazole rings is 1. The Morgan fingerprint density at radius 3 is 2.70 bits per heavy atom. The molecule has 6 heteroatoms. The lowest BCUT2D eigenvalue weighted by atomic mass is 9.89. The molecular weight excluding hydrogens is 376 g/mol. The second-order valence-electron chi connectivity index (χ2n) is 6.98. The number of nitrogens with zero attached hydrogens (tertiary/aromatic N) is 1. The Labute approximate surface area is 166 Å². The fourth-order valence-corrected chi connectivity index (χ4v) is 5.19. The summed E-state index contributed by atoms with van der Waals surface area (Å²) in [6.07, 6.45) is 4.74. The Morgan fingerprint density at radius 2 is 2.00 bits per heavy atom. The Kier molecular flexibility index (Phi) is 5.27. The van der Waals surface area contributed by atoms with Gasteiger partial charge in [0.05, 0.1) is 6.04 Å². The third-order valence-corrected chi connectivity index (χ3v) is 6.94. The summed E-state index contributed by atoms with van der Waals surface area (Å²) in [5.41, 5.74) is 4.77. The lowest BCUT2D eigenvalue weighted by Crippen LogP contribution is -2.34. The van der Waals surface area contributed by atoms with Crippen molar-refractivity contribution in [2.75, 3.05) is 0 Å². The third-order valence-electron chi connectivity index (χ3n) is 5.12. The van der Waals surface area contributed by atoms with Crippen molar-refractivity contribution in [2.24, 2.45) is 0 Å². The van der Waals surface area contributed by atoms with E-state index in [0.717, 1.165) is 40.3 Å². The molecule has 3 aromatic rings. The van der Waals surface area contributed by atoms with Gasteiger partial charge in [0.2, 0.25) is 5.91 Å². The zero-order chi connectivity index (χ0) is 18.8. The van der Waals surface area contributed by atoms with Crippen molar-refractivity contribution >= 4 is 28.6 Å². The predicted octanol–water partition coefficient (Wildman–Crippen LogP) is 4.06. The molecule has 1 N–H and O–H groups in total. The number of hydrogen-bond donors (Lipinski definition) is 1. The number of aryl methyl sites for hydroxylation is 3. The zero-order valence-electron chi connectivity index (χ0n) is 15.2. The Bertz CT molecular complexity index is 1000. The average molecular weight is 399 g/mol. The number of nitrogens with one attached hydrogen (secondary N) is 1. The van der Waals surface area contributed by atoms with Crippen LogP contribution >= 0.6 is 22.7 Å². The van der Waals surface area contributed by atoms with Crippen LogP contribution in [0.5, 0.6) is 0 Å². The number of carbonyl (C=O) groups excluding carboxylic acids is 1. The summed E-state index contributed by atoms with van der Waals surface area (Å²) in [4.78, 5) is 25.7. The maximum Gasteiger partial charge on any atom is 0.307 e. The molecule has 4 rings (SSSR count). The minimum Gasteiger partial charge on any atom is -0.343 e. The van der Waals surface area contributed by atoms with Crippen molar-refractivity contribution in [3.05, 3.63) is 78.0 Å². The molecule has 27 heavy (non-hydrogen) atoms. The van der Waals surface area contributed by atoms with Crippen molar-refractivity contribution in [3.63, 3.8) is 0 Å². The van der Waals surface area contributed by atoms with Crippen molar-refractivity contribution in [1.29, 1.82) is 0 Å². The SMILES string of the molecule is Cc1csc(=O)n1CC(=O)N[C@@H](c1ccc2c(c1)CCCC2)c1cccs1. The Morgan fingerprint density at radius 1 is 1.19 bits per heavy atom. The number of benzene rings is 1. The summed E-state index contributed by atoms with van der Waals surface area (Å²) >= 11 is 2.77. The van der Waals surface area contributed by atoms with Gasteiger partial charge in [-0.25, -0.2) is 0 Å². The molecule has 0 radical (unpaired) electrons. The first-order chi connectivity index (χ1) is 13.1. The van der Waals surface area contributed by atoms with E-state index in [-0.39, 0.29) is 23.4 Å². The number of hydrogen-bond acceptors (Lipinski definition) is 4. The van der Waals surface area contributed by atoms with Gasteiger partial charge in [0, 0.05) is 16.0 Å². The molecule has 1 atom stereocenters. The lowest BCUT2D eigenvalue weighted by molar-refractivity contribution is -0.122. The first-order valence-corrected chi connectivity index (χ1v) is 11.0. The van der Waals surface area contributed by atoms with Gasteiger partial charge < -0.3 is 5.32 Å². The van der Waals surface area contributed by atoms with E-state index in [9.17, 15) is 9.59 Å². The number of fused-ring (bicyclic) bond motifs is 1. The van der Waals surface area contributed by atoms with Crippen molar-refractivity contribution in [3.8, 4) is 0 Å². The molecule has 1 aromatic carbocycles. The van der Waals surface area contributed by atoms with Gasteiger partial charge in [0.15, 0.2) is 0 Å². The van der Waals surface area contributed by atoms with E-state index in [2.05, 4.69) is 29.6 Å². The molecule has 0 bridgehead atoms. The van der Waals surface area contributed by atoms with Gasteiger partial charge in [0.25, 0.3) is 0 Å². The summed E-state index contributed by atoms with van der Waals surface area (Å²) < 4.78 is 1.53. The first kappa shape index (κ1) is 18.2. The van der Waals surface area contributed by atoms with Crippen LogP contribution in [0.15, 0.2) is 45.9 Å². The third kappa shape index (κ3) is 3.92. The fraction of sp³-hybridized carbons (Fsp3) is 0.333. The molecule has 2 aromatic heterocycles. The fourth-order valence-electron chi connectivity index (χ4n) is 3.65. The summed E-state index contributed by atoms with van der Waals surface area (Å²) in [5.74, 6) is -0.144. The maximum atomic E-state index is 12.7. The van der Waals surface area contributed by atoms with Crippen LogP contribution in [0.3, 0.4) is 0 Å². The van der Waals surface area contributed by atoms with Crippen LogP contribution in [0.2, 0.25) is 0 Å². The van der Waals surface area contributed by atoms with Crippen LogP contribution in [0.1, 0.15) is 46.1 Å². The van der Waals surface area contributed by atoms with Gasteiger partial charge in [-0.3, -0.25) is 14.2 Å². The van der Waals surface area contributed by atoms with E-state index in [1.54, 1.807) is 16.7 Å². The van der Waals surface area contributed by atoms with Gasteiger partial charge in [-0.2, -0.15) is 0 Å². The molecular formula is C21H22N2O2S2. The van der Waals surface area contributed by atoms with Crippen LogP contribution in [-0.2, 0) is 24.2 Å². The highest BCUT2D eigenvalue weighted by molar-refractivity contribution is 7.10. The van der Waals surface area contributed by atoms with Crippen molar-refractivity contribution < 1.29 is 4.79 Å². The minimum absolute atomic E-state index is 0.0565. The molecule has 140 valence electrons. The van der Waals surface area contributed by atoms with Gasteiger partial charge in [-0.15, -0.1) is 11.3 Å². The number of aromatic nitrogens is 1. The largest absolute Gasteiger partial charge is 0.343 e. The molecule has 4 nitrogen and oxygen atoms in total. The van der Waals surface area contributed by atoms with E-state index in [0.29, 0.717) is 0 Å². The van der Waals surface area contributed by atoms with Crippen LogP contribution in [0.25, 0.3) is 0 Å². The minimum atomic E-state index is -0.181. The van der Waals surface area contributed by atoms with Gasteiger partial charge in [0.1, 0.15) is 6.54 Å². The number of rotatable bonds is 5. The molecule has 0 spiro atoms. The summed E-state index contributed by atoms with van der Waals surface area (Å²) in [6.45, 7) is 1.91. The van der Waals surface area contributed by atoms with E-state index in [4.69, 9.17) is 0 Å². The summed E-state index contributed by atoms with van der Waals surface area (Å²) in [7, 11) is 0. The highest BCUT2D eigenvalue weighted by Crippen LogP contribution is 2.30. The first-order valence-electron chi connectivity index (χ1n) is 9.21. The smallest absolute Gasteiger partial charge is 0.307 e. The highest BCUT2D eigenvalue weighted by atomic mass is 32.1. The zero-order valence-corrected chi connectivity index (χ0v) is 16.9. The Hall–Kier alpha value is -2.18. The Balaban J connectivity index is 1.60. The van der Waals surface area contributed by atoms with E-state index >= 15 is 0 Å². The van der Waals surface area contributed by atoms with Crippen molar-refractivity contribution in [1.82, 2.24) is 9.88 Å². The topological polar surface area (TPSA) is 51.1 Å². The van der Waals surface area contributed by atoms with Crippen LogP contribution < -0.4 is 10.2 Å². The molecule has 0 saturated carbocycles. The van der Waals surface area contributed by atoms with Crippen molar-refractivity contribution in [2.45, 2.75) is 45.2 Å². The van der Waals surface area contributed by atoms with Gasteiger partial charge >= 0.3 is 4.87 Å². The van der Waals surface area contributed by atoms with Crippen LogP contribution in [0.4, 0.5) is 0 Å². The molecule has 1 aliphatic carbocycles. The van der Waals surface area contributed by atoms with Crippen LogP contribution in [-0.4, -0.2) is 10.5 Å². The van der Waals surface area contributed by atoms with E-state index in [1.807, 2.05) is 18.4 Å². The van der Waals surface area contributed by atoms with E-state index in [1.165, 1.54) is 28.5 Å². The summed E-state index contributed by atoms with van der Waals surface area (Å²) in [6, 6.07) is 10.5. The maximum absolute atomic E-state index is 12.7. The van der Waals surface area contributed by atoms with E-state index < -0.39 is 0 Å². The van der Waals surface area contributed by atoms with Gasteiger partial charge in [-0.05, 0) is 60.7 Å². The predicted molar refractivity (Wildman–Crippen MR) is 111 cm³/mol. The monoisotopic (exact) mass is 398 g/mol.